The highest BCUT2D eigenvalue weighted by atomic mass is 19.1. The molecule has 1 atom stereocenters. The van der Waals surface area contributed by atoms with Crippen molar-refractivity contribution in [2.24, 2.45) is 5.73 Å². The molecule has 158 valence electrons. The Labute approximate surface area is 168 Å². The van der Waals surface area contributed by atoms with Crippen LogP contribution >= 0.6 is 0 Å². The number of pyridine rings is 1. The molecule has 2 rings (SSSR count). The number of nitrogens with two attached hydrogens (primary N) is 1. The van der Waals surface area contributed by atoms with Crippen LogP contribution in [0.4, 0.5) is 10.1 Å². The van der Waals surface area contributed by atoms with Crippen molar-refractivity contribution < 1.29 is 28.9 Å². The smallest absolute Gasteiger partial charge is 0.328 e. The highest BCUT2D eigenvalue weighted by Crippen LogP contribution is 2.34. The second kappa shape index (κ2) is 11.6. The van der Waals surface area contributed by atoms with E-state index in [1.807, 2.05) is 6.92 Å². The first-order valence-electron chi connectivity index (χ1n) is 8.93. The average Bonchev–Trinajstić information content (AvgIpc) is 2.67. The molecule has 8 nitrogen and oxygen atoms in total. The number of hydrogen-bond acceptors (Lipinski definition) is 6. The fourth-order valence-electron chi connectivity index (χ4n) is 2.59. The van der Waals surface area contributed by atoms with Crippen molar-refractivity contribution in [3.05, 3.63) is 41.9 Å². The first-order valence-corrected chi connectivity index (χ1v) is 8.93. The van der Waals surface area contributed by atoms with Gasteiger partial charge in [-0.15, -0.1) is 0 Å². The van der Waals surface area contributed by atoms with Crippen molar-refractivity contribution >= 4 is 28.5 Å². The van der Waals surface area contributed by atoms with Gasteiger partial charge in [-0.05, 0) is 44.9 Å². The number of anilines is 1. The van der Waals surface area contributed by atoms with Crippen molar-refractivity contribution in [1.82, 2.24) is 4.98 Å². The minimum Gasteiger partial charge on any atom is -0.494 e. The summed E-state index contributed by atoms with van der Waals surface area (Å²) in [7, 11) is 1.47. The van der Waals surface area contributed by atoms with E-state index < -0.39 is 11.9 Å². The highest BCUT2D eigenvalue weighted by Gasteiger charge is 2.16. The summed E-state index contributed by atoms with van der Waals surface area (Å²) < 4.78 is 19.6. The molecule has 2 aromatic rings. The lowest BCUT2D eigenvalue weighted by molar-refractivity contribution is -0.134. The van der Waals surface area contributed by atoms with Crippen molar-refractivity contribution in [3.63, 3.8) is 0 Å². The SMILES string of the molecule is COc1cc(NC(C)CCCN)c2nccc(C)c2c1F.O=C(O)/C=C/C(=O)O. The lowest BCUT2D eigenvalue weighted by Gasteiger charge is -2.18. The van der Waals surface area contributed by atoms with Gasteiger partial charge in [0.05, 0.1) is 18.3 Å². The largest absolute Gasteiger partial charge is 0.494 e. The average molecular weight is 407 g/mol. The zero-order chi connectivity index (χ0) is 22.0. The van der Waals surface area contributed by atoms with Gasteiger partial charge in [0.15, 0.2) is 11.6 Å². The summed E-state index contributed by atoms with van der Waals surface area (Å²) in [5, 5.41) is 19.5. The summed E-state index contributed by atoms with van der Waals surface area (Å²) >= 11 is 0. The van der Waals surface area contributed by atoms with E-state index in [1.165, 1.54) is 7.11 Å². The van der Waals surface area contributed by atoms with Gasteiger partial charge in [0.1, 0.15) is 0 Å². The van der Waals surface area contributed by atoms with Crippen LogP contribution in [-0.2, 0) is 9.59 Å². The van der Waals surface area contributed by atoms with E-state index in [9.17, 15) is 14.0 Å². The first kappa shape index (κ1) is 23.8. The normalized spacial score (nSPS) is 11.6. The number of rotatable bonds is 8. The van der Waals surface area contributed by atoms with Crippen molar-refractivity contribution in [2.45, 2.75) is 32.7 Å². The summed E-state index contributed by atoms with van der Waals surface area (Å²) in [6.45, 7) is 4.61. The van der Waals surface area contributed by atoms with Gasteiger partial charge in [0.2, 0.25) is 0 Å². The number of aromatic nitrogens is 1. The predicted molar refractivity (Wildman–Crippen MR) is 109 cm³/mol. The minimum absolute atomic E-state index is 0.229. The second-order valence-corrected chi connectivity index (χ2v) is 6.28. The molecule has 1 aromatic carbocycles. The van der Waals surface area contributed by atoms with Gasteiger partial charge in [0, 0.05) is 35.8 Å². The molecular formula is C20H26FN3O5. The van der Waals surface area contributed by atoms with Crippen molar-refractivity contribution in [1.29, 1.82) is 0 Å². The number of ether oxygens (including phenoxy) is 1. The topological polar surface area (TPSA) is 135 Å². The zero-order valence-corrected chi connectivity index (χ0v) is 16.6. The predicted octanol–water partition coefficient (Wildman–Crippen LogP) is 2.94. The van der Waals surface area contributed by atoms with E-state index in [4.69, 9.17) is 20.7 Å². The molecule has 29 heavy (non-hydrogen) atoms. The van der Waals surface area contributed by atoms with Gasteiger partial charge in [-0.25, -0.2) is 14.0 Å². The Kier molecular flexibility index (Phi) is 9.54. The maximum atomic E-state index is 14.4. The van der Waals surface area contributed by atoms with Crippen LogP contribution in [0, 0.1) is 12.7 Å². The van der Waals surface area contributed by atoms with E-state index in [0.29, 0.717) is 29.6 Å². The molecule has 0 saturated carbocycles. The van der Waals surface area contributed by atoms with Crippen LogP contribution in [0.25, 0.3) is 10.9 Å². The molecule has 1 aromatic heterocycles. The molecule has 0 fully saturated rings. The number of hydrogen-bond donors (Lipinski definition) is 4. The molecular weight excluding hydrogens is 381 g/mol. The van der Waals surface area contributed by atoms with E-state index in [2.05, 4.69) is 17.2 Å². The Morgan fingerprint density at radius 1 is 1.34 bits per heavy atom. The number of carbonyl (C=O) groups is 2. The molecule has 0 aliphatic carbocycles. The van der Waals surface area contributed by atoms with Crippen LogP contribution in [-0.4, -0.2) is 46.8 Å². The third kappa shape index (κ3) is 7.38. The lowest BCUT2D eigenvalue weighted by atomic mass is 10.1. The fraction of sp³-hybridized carbons (Fsp3) is 0.350. The van der Waals surface area contributed by atoms with Gasteiger partial charge in [-0.3, -0.25) is 4.98 Å². The Morgan fingerprint density at radius 3 is 2.48 bits per heavy atom. The maximum Gasteiger partial charge on any atom is 0.328 e. The Morgan fingerprint density at radius 2 is 1.97 bits per heavy atom. The number of aliphatic carboxylic acids is 2. The van der Waals surface area contributed by atoms with Gasteiger partial charge >= 0.3 is 11.9 Å². The molecule has 0 saturated heterocycles. The quantitative estimate of drug-likeness (QED) is 0.491. The van der Waals surface area contributed by atoms with Crippen molar-refractivity contribution in [3.8, 4) is 5.75 Å². The number of carboxylic acids is 2. The Balaban J connectivity index is 0.000000447. The van der Waals surface area contributed by atoms with Crippen LogP contribution in [0.2, 0.25) is 0 Å². The van der Waals surface area contributed by atoms with Crippen LogP contribution in [0.5, 0.6) is 5.75 Å². The molecule has 0 bridgehead atoms. The number of nitrogens with one attached hydrogen (secondary N) is 1. The lowest BCUT2D eigenvalue weighted by Crippen LogP contribution is -2.17. The van der Waals surface area contributed by atoms with Crippen molar-refractivity contribution in [2.75, 3.05) is 19.0 Å². The summed E-state index contributed by atoms with van der Waals surface area (Å²) in [5.41, 5.74) is 7.80. The Bertz CT molecular complexity index is 870. The third-order valence-electron chi connectivity index (χ3n) is 3.96. The molecule has 0 aliphatic rings. The number of carboxylic acid groups (broad SMARTS) is 2. The van der Waals surface area contributed by atoms with Gasteiger partial charge in [-0.1, -0.05) is 0 Å². The standard InChI is InChI=1S/C16H22FN3O.C4H4O4/c1-10-6-8-19-16-12(20-11(2)5-4-7-18)9-13(21-3)15(17)14(10)16;5-3(6)1-2-4(7)8/h6,8-9,11,20H,4-5,7,18H2,1-3H3;1-2H,(H,5,6)(H,7,8)/b;2-1+. The number of fused-ring (bicyclic) bond motifs is 1. The maximum absolute atomic E-state index is 14.4. The minimum atomic E-state index is -1.26. The van der Waals surface area contributed by atoms with Gasteiger partial charge < -0.3 is 26.0 Å². The van der Waals surface area contributed by atoms with E-state index in [1.54, 1.807) is 18.3 Å². The molecule has 0 radical (unpaired) electrons. The summed E-state index contributed by atoms with van der Waals surface area (Å²) in [6, 6.07) is 3.70. The number of aryl methyl sites for hydroxylation is 1. The van der Waals surface area contributed by atoms with Crippen LogP contribution in [0.1, 0.15) is 25.3 Å². The first-order chi connectivity index (χ1) is 13.7. The number of benzene rings is 1. The van der Waals surface area contributed by atoms with E-state index in [0.717, 1.165) is 24.1 Å². The highest BCUT2D eigenvalue weighted by molar-refractivity contribution is 5.94. The van der Waals surface area contributed by atoms with E-state index >= 15 is 0 Å². The number of nitrogens with zero attached hydrogens (tertiary/aromatic N) is 1. The van der Waals surface area contributed by atoms with E-state index in [-0.39, 0.29) is 17.6 Å². The van der Waals surface area contributed by atoms with Gasteiger partial charge in [-0.2, -0.15) is 0 Å². The van der Waals surface area contributed by atoms with Gasteiger partial charge in [0.25, 0.3) is 0 Å². The fourth-order valence-corrected chi connectivity index (χ4v) is 2.59. The van der Waals surface area contributed by atoms with Crippen LogP contribution < -0.4 is 15.8 Å². The second-order valence-electron chi connectivity index (χ2n) is 6.28. The summed E-state index contributed by atoms with van der Waals surface area (Å²) in [6.07, 6.45) is 4.70. The molecule has 0 amide bonds. The van der Waals surface area contributed by atoms with Crippen LogP contribution in [0.3, 0.4) is 0 Å². The Hall–Kier alpha value is -3.20. The molecule has 1 unspecified atom stereocenters. The molecule has 1 heterocycles. The summed E-state index contributed by atoms with van der Waals surface area (Å²) in [5.74, 6) is -2.65. The monoisotopic (exact) mass is 407 g/mol. The van der Waals surface area contributed by atoms with Crippen LogP contribution in [0.15, 0.2) is 30.5 Å². The molecule has 0 spiro atoms. The molecule has 9 heteroatoms. The summed E-state index contributed by atoms with van der Waals surface area (Å²) in [4.78, 5) is 23.4. The number of methoxy groups -OCH3 is 1. The number of halogens is 1. The third-order valence-corrected chi connectivity index (χ3v) is 3.96. The molecule has 5 N–H and O–H groups in total. The molecule has 0 aliphatic heterocycles. The zero-order valence-electron chi connectivity index (χ0n) is 16.6.